The molecule has 0 bridgehead atoms. The SMILES string of the molecule is CC1(C)O[C@@H]([C@@H](Cl)c2ccccc2)[C@@H](CC=O)O1. The van der Waals surface area contributed by atoms with Gasteiger partial charge in [-0.05, 0) is 19.4 Å². The van der Waals surface area contributed by atoms with Crippen LogP contribution in [0.4, 0.5) is 0 Å². The first kappa shape index (κ1) is 13.5. The van der Waals surface area contributed by atoms with Gasteiger partial charge < -0.3 is 14.3 Å². The lowest BCUT2D eigenvalue weighted by molar-refractivity contribution is -0.147. The molecule has 0 spiro atoms. The highest BCUT2D eigenvalue weighted by molar-refractivity contribution is 6.21. The van der Waals surface area contributed by atoms with E-state index in [1.165, 1.54) is 0 Å². The van der Waals surface area contributed by atoms with Gasteiger partial charge in [0.25, 0.3) is 0 Å². The van der Waals surface area contributed by atoms with Crippen molar-refractivity contribution in [3.05, 3.63) is 35.9 Å². The predicted octanol–water partition coefficient (Wildman–Crippen LogP) is 3.08. The Morgan fingerprint density at radius 3 is 2.61 bits per heavy atom. The normalized spacial score (nSPS) is 27.9. The first-order chi connectivity index (χ1) is 8.53. The summed E-state index contributed by atoms with van der Waals surface area (Å²) in [6.07, 6.45) is 0.538. The fourth-order valence-corrected chi connectivity index (χ4v) is 2.57. The molecular formula is C14H17ClO3. The van der Waals surface area contributed by atoms with Gasteiger partial charge in [0.15, 0.2) is 5.79 Å². The molecule has 1 heterocycles. The van der Waals surface area contributed by atoms with Gasteiger partial charge in [0, 0.05) is 6.42 Å². The standard InChI is InChI=1S/C14H17ClO3/c1-14(2)17-11(8-9-16)13(18-14)12(15)10-6-4-3-5-7-10/h3-7,9,11-13H,8H2,1-2H3/t11-,12+,13-/m1/s1. The number of carbonyl (C=O) groups is 1. The third kappa shape index (κ3) is 2.91. The van der Waals surface area contributed by atoms with E-state index in [0.29, 0.717) is 6.42 Å². The number of aldehydes is 1. The Labute approximate surface area is 112 Å². The molecule has 1 saturated heterocycles. The number of alkyl halides is 1. The topological polar surface area (TPSA) is 35.5 Å². The van der Waals surface area contributed by atoms with E-state index in [9.17, 15) is 4.79 Å². The van der Waals surface area contributed by atoms with Gasteiger partial charge >= 0.3 is 0 Å². The number of ether oxygens (including phenoxy) is 2. The first-order valence-corrected chi connectivity index (χ1v) is 6.45. The Morgan fingerprint density at radius 1 is 1.33 bits per heavy atom. The molecule has 18 heavy (non-hydrogen) atoms. The highest BCUT2D eigenvalue weighted by Crippen LogP contribution is 2.39. The molecule has 0 aromatic heterocycles. The lowest BCUT2D eigenvalue weighted by Gasteiger charge is -2.21. The van der Waals surface area contributed by atoms with Crippen LogP contribution >= 0.6 is 11.6 Å². The molecule has 1 aromatic carbocycles. The Bertz CT molecular complexity index is 405. The number of halogens is 1. The summed E-state index contributed by atoms with van der Waals surface area (Å²) in [4.78, 5) is 10.7. The maximum Gasteiger partial charge on any atom is 0.163 e. The van der Waals surface area contributed by atoms with Gasteiger partial charge in [0.1, 0.15) is 12.4 Å². The maximum atomic E-state index is 10.7. The fourth-order valence-electron chi connectivity index (χ4n) is 2.21. The van der Waals surface area contributed by atoms with Crippen molar-refractivity contribution in [2.45, 2.75) is 43.6 Å². The molecule has 1 aliphatic heterocycles. The zero-order valence-electron chi connectivity index (χ0n) is 10.5. The number of hydrogen-bond donors (Lipinski definition) is 0. The summed E-state index contributed by atoms with van der Waals surface area (Å²) in [6.45, 7) is 3.67. The molecule has 0 radical (unpaired) electrons. The second-order valence-corrected chi connectivity index (χ2v) is 5.32. The third-order valence-electron chi connectivity index (χ3n) is 2.96. The summed E-state index contributed by atoms with van der Waals surface area (Å²) in [5, 5.41) is -0.321. The number of benzene rings is 1. The van der Waals surface area contributed by atoms with Crippen LogP contribution < -0.4 is 0 Å². The molecule has 0 unspecified atom stereocenters. The van der Waals surface area contributed by atoms with Crippen molar-refractivity contribution in [2.24, 2.45) is 0 Å². The second kappa shape index (κ2) is 5.39. The molecule has 3 atom stereocenters. The molecule has 0 N–H and O–H groups in total. The van der Waals surface area contributed by atoms with Gasteiger partial charge in [-0.2, -0.15) is 0 Å². The van der Waals surface area contributed by atoms with Gasteiger partial charge in [-0.1, -0.05) is 30.3 Å². The van der Waals surface area contributed by atoms with E-state index < -0.39 is 5.79 Å². The van der Waals surface area contributed by atoms with Crippen LogP contribution in [0, 0.1) is 0 Å². The fraction of sp³-hybridized carbons (Fsp3) is 0.500. The van der Waals surface area contributed by atoms with Crippen LogP contribution in [0.3, 0.4) is 0 Å². The van der Waals surface area contributed by atoms with Crippen molar-refractivity contribution < 1.29 is 14.3 Å². The van der Waals surface area contributed by atoms with Crippen molar-refractivity contribution in [1.82, 2.24) is 0 Å². The summed E-state index contributed by atoms with van der Waals surface area (Å²) in [6, 6.07) is 9.70. The zero-order valence-corrected chi connectivity index (χ0v) is 11.3. The molecule has 1 fully saturated rings. The highest BCUT2D eigenvalue weighted by Gasteiger charge is 2.44. The van der Waals surface area contributed by atoms with Gasteiger partial charge in [0.05, 0.1) is 11.5 Å². The van der Waals surface area contributed by atoms with E-state index in [0.717, 1.165) is 11.8 Å². The minimum absolute atomic E-state index is 0.291. The van der Waals surface area contributed by atoms with Crippen LogP contribution in [-0.2, 0) is 14.3 Å². The minimum atomic E-state index is -0.694. The van der Waals surface area contributed by atoms with Gasteiger partial charge in [0.2, 0.25) is 0 Å². The zero-order chi connectivity index (χ0) is 13.2. The summed E-state index contributed by atoms with van der Waals surface area (Å²) >= 11 is 6.45. The molecule has 3 nitrogen and oxygen atoms in total. The van der Waals surface area contributed by atoms with Crippen LogP contribution in [-0.4, -0.2) is 24.3 Å². The highest BCUT2D eigenvalue weighted by atomic mass is 35.5. The third-order valence-corrected chi connectivity index (χ3v) is 3.46. The molecule has 0 aliphatic carbocycles. The molecule has 0 amide bonds. The Hall–Kier alpha value is -0.900. The lowest BCUT2D eigenvalue weighted by atomic mass is 10.0. The van der Waals surface area contributed by atoms with Crippen molar-refractivity contribution >= 4 is 17.9 Å². The predicted molar refractivity (Wildman–Crippen MR) is 69.5 cm³/mol. The number of carbonyl (C=O) groups excluding carboxylic acids is 1. The van der Waals surface area contributed by atoms with E-state index in [1.54, 1.807) is 0 Å². The molecule has 4 heteroatoms. The molecule has 1 aromatic rings. The summed E-state index contributed by atoms with van der Waals surface area (Å²) in [5.74, 6) is -0.694. The Kier molecular flexibility index (Phi) is 4.05. The van der Waals surface area contributed by atoms with Crippen LogP contribution in [0.5, 0.6) is 0 Å². The van der Waals surface area contributed by atoms with Crippen LogP contribution in [0.2, 0.25) is 0 Å². The quantitative estimate of drug-likeness (QED) is 0.622. The average Bonchev–Trinajstić information content (AvgIpc) is 2.65. The Morgan fingerprint density at radius 2 is 2.00 bits per heavy atom. The van der Waals surface area contributed by atoms with E-state index in [-0.39, 0.29) is 17.6 Å². The lowest BCUT2D eigenvalue weighted by Crippen LogP contribution is -2.27. The summed E-state index contributed by atoms with van der Waals surface area (Å²) in [5.41, 5.74) is 0.973. The second-order valence-electron chi connectivity index (χ2n) is 4.85. The van der Waals surface area contributed by atoms with Crippen LogP contribution in [0.25, 0.3) is 0 Å². The van der Waals surface area contributed by atoms with Crippen molar-refractivity contribution in [2.75, 3.05) is 0 Å². The van der Waals surface area contributed by atoms with E-state index >= 15 is 0 Å². The summed E-state index contributed by atoms with van der Waals surface area (Å²) in [7, 11) is 0. The monoisotopic (exact) mass is 268 g/mol. The maximum absolute atomic E-state index is 10.7. The van der Waals surface area contributed by atoms with Crippen LogP contribution in [0.15, 0.2) is 30.3 Å². The average molecular weight is 269 g/mol. The van der Waals surface area contributed by atoms with Crippen LogP contribution in [0.1, 0.15) is 31.2 Å². The van der Waals surface area contributed by atoms with Gasteiger partial charge in [-0.25, -0.2) is 0 Å². The van der Waals surface area contributed by atoms with Gasteiger partial charge in [-0.15, -0.1) is 11.6 Å². The molecule has 2 rings (SSSR count). The molecule has 1 aliphatic rings. The first-order valence-electron chi connectivity index (χ1n) is 6.02. The largest absolute Gasteiger partial charge is 0.344 e. The number of hydrogen-bond acceptors (Lipinski definition) is 3. The van der Waals surface area contributed by atoms with E-state index in [2.05, 4.69) is 0 Å². The Balaban J connectivity index is 2.17. The minimum Gasteiger partial charge on any atom is -0.344 e. The van der Waals surface area contributed by atoms with Crippen molar-refractivity contribution in [1.29, 1.82) is 0 Å². The van der Waals surface area contributed by atoms with Crippen molar-refractivity contribution in [3.8, 4) is 0 Å². The summed E-state index contributed by atoms with van der Waals surface area (Å²) < 4.78 is 11.5. The molecule has 98 valence electrons. The van der Waals surface area contributed by atoms with E-state index in [1.807, 2.05) is 44.2 Å². The molecule has 0 saturated carbocycles. The van der Waals surface area contributed by atoms with Gasteiger partial charge in [-0.3, -0.25) is 0 Å². The number of rotatable bonds is 4. The molecular weight excluding hydrogens is 252 g/mol. The van der Waals surface area contributed by atoms with E-state index in [4.69, 9.17) is 21.1 Å². The van der Waals surface area contributed by atoms with Crippen molar-refractivity contribution in [3.63, 3.8) is 0 Å². The smallest absolute Gasteiger partial charge is 0.163 e.